The second-order valence-electron chi connectivity index (χ2n) is 2.39. The van der Waals surface area contributed by atoms with Gasteiger partial charge in [-0.3, -0.25) is 0 Å². The number of nitrogens with two attached hydrogens (primary N) is 1. The van der Waals surface area contributed by atoms with Crippen LogP contribution in [-0.2, 0) is 0 Å². The van der Waals surface area contributed by atoms with Crippen molar-refractivity contribution in [2.45, 2.75) is 0 Å². The summed E-state index contributed by atoms with van der Waals surface area (Å²) in [7, 11) is 0. The van der Waals surface area contributed by atoms with Crippen molar-refractivity contribution in [3.8, 4) is 5.75 Å². The number of halogens is 2. The molecule has 0 heterocycles. The Morgan fingerprint density at radius 3 is 2.31 bits per heavy atom. The van der Waals surface area contributed by atoms with Gasteiger partial charge in [0.25, 0.3) is 0 Å². The molecular formula is C8H9Br2NO2. The number of hydrogen-bond acceptors (Lipinski definition) is 3. The lowest BCUT2D eigenvalue weighted by Crippen LogP contribution is -2.03. The van der Waals surface area contributed by atoms with Crippen molar-refractivity contribution in [3.63, 3.8) is 0 Å². The first kappa shape index (κ1) is 10.8. The van der Waals surface area contributed by atoms with Crippen LogP contribution in [0.5, 0.6) is 5.75 Å². The van der Waals surface area contributed by atoms with Gasteiger partial charge in [-0.2, -0.15) is 0 Å². The van der Waals surface area contributed by atoms with Crippen LogP contribution in [-0.4, -0.2) is 18.3 Å². The Kier molecular flexibility index (Phi) is 4.02. The SMILES string of the molecule is Nc1cc(Br)c(OCCO)c(Br)c1. The minimum absolute atomic E-state index is 0.0107. The Balaban J connectivity index is 2.92. The Morgan fingerprint density at radius 2 is 1.85 bits per heavy atom. The molecule has 3 N–H and O–H groups in total. The normalized spacial score (nSPS) is 10.1. The van der Waals surface area contributed by atoms with Crippen LogP contribution in [0, 0.1) is 0 Å². The van der Waals surface area contributed by atoms with Gasteiger partial charge in [0.1, 0.15) is 12.4 Å². The van der Waals surface area contributed by atoms with E-state index in [1.165, 1.54) is 0 Å². The van der Waals surface area contributed by atoms with E-state index >= 15 is 0 Å². The second-order valence-corrected chi connectivity index (χ2v) is 4.09. The van der Waals surface area contributed by atoms with Crippen molar-refractivity contribution in [1.82, 2.24) is 0 Å². The van der Waals surface area contributed by atoms with Gasteiger partial charge in [-0.15, -0.1) is 0 Å². The number of rotatable bonds is 3. The number of anilines is 1. The van der Waals surface area contributed by atoms with Crippen molar-refractivity contribution in [2.24, 2.45) is 0 Å². The zero-order chi connectivity index (χ0) is 9.84. The zero-order valence-corrected chi connectivity index (χ0v) is 9.93. The quantitative estimate of drug-likeness (QED) is 0.841. The van der Waals surface area contributed by atoms with Gasteiger partial charge >= 0.3 is 0 Å². The van der Waals surface area contributed by atoms with Gasteiger partial charge < -0.3 is 15.6 Å². The summed E-state index contributed by atoms with van der Waals surface area (Å²) < 4.78 is 6.81. The summed E-state index contributed by atoms with van der Waals surface area (Å²) in [6.45, 7) is 0.254. The van der Waals surface area contributed by atoms with Crippen LogP contribution in [0.25, 0.3) is 0 Å². The van der Waals surface area contributed by atoms with E-state index in [0.717, 1.165) is 8.95 Å². The zero-order valence-electron chi connectivity index (χ0n) is 6.76. The van der Waals surface area contributed by atoms with Crippen LogP contribution in [0.3, 0.4) is 0 Å². The molecule has 0 radical (unpaired) electrons. The van der Waals surface area contributed by atoms with E-state index in [2.05, 4.69) is 31.9 Å². The molecule has 13 heavy (non-hydrogen) atoms. The van der Waals surface area contributed by atoms with E-state index in [9.17, 15) is 0 Å². The molecule has 0 spiro atoms. The highest BCUT2D eigenvalue weighted by Gasteiger charge is 2.06. The topological polar surface area (TPSA) is 55.5 Å². The lowest BCUT2D eigenvalue weighted by molar-refractivity contribution is 0.200. The Bertz CT molecular complexity index is 281. The molecular weight excluding hydrogens is 302 g/mol. The lowest BCUT2D eigenvalue weighted by atomic mass is 10.3. The van der Waals surface area contributed by atoms with Gasteiger partial charge in [-0.25, -0.2) is 0 Å². The third-order valence-electron chi connectivity index (χ3n) is 1.36. The van der Waals surface area contributed by atoms with Crippen LogP contribution >= 0.6 is 31.9 Å². The summed E-state index contributed by atoms with van der Waals surface area (Å²) in [6.07, 6.45) is 0. The molecule has 5 heteroatoms. The van der Waals surface area contributed by atoms with Gasteiger partial charge in [0.05, 0.1) is 15.6 Å². The first-order valence-electron chi connectivity index (χ1n) is 3.63. The third-order valence-corrected chi connectivity index (χ3v) is 2.54. The summed E-state index contributed by atoms with van der Waals surface area (Å²) in [6, 6.07) is 3.49. The number of aliphatic hydroxyl groups excluding tert-OH is 1. The number of aliphatic hydroxyl groups is 1. The van der Waals surface area contributed by atoms with Crippen LogP contribution < -0.4 is 10.5 Å². The summed E-state index contributed by atoms with van der Waals surface area (Å²) in [5.41, 5.74) is 6.24. The van der Waals surface area contributed by atoms with Gasteiger partial charge in [-0.05, 0) is 44.0 Å². The highest BCUT2D eigenvalue weighted by Crippen LogP contribution is 2.35. The second kappa shape index (κ2) is 4.83. The maximum absolute atomic E-state index is 8.58. The molecule has 0 saturated carbocycles. The maximum Gasteiger partial charge on any atom is 0.147 e. The molecule has 0 bridgehead atoms. The highest BCUT2D eigenvalue weighted by atomic mass is 79.9. The lowest BCUT2D eigenvalue weighted by Gasteiger charge is -2.09. The Hall–Kier alpha value is -0.260. The van der Waals surface area contributed by atoms with Crippen molar-refractivity contribution in [2.75, 3.05) is 18.9 Å². The number of ether oxygens (including phenoxy) is 1. The molecule has 1 aromatic rings. The molecule has 1 aromatic carbocycles. The van der Waals surface area contributed by atoms with Crippen LogP contribution in [0.4, 0.5) is 5.69 Å². The predicted octanol–water partition coefficient (Wildman–Crippen LogP) is 2.16. The van der Waals surface area contributed by atoms with Crippen LogP contribution in [0.1, 0.15) is 0 Å². The van der Waals surface area contributed by atoms with E-state index < -0.39 is 0 Å². The van der Waals surface area contributed by atoms with Crippen molar-refractivity contribution in [1.29, 1.82) is 0 Å². The fraction of sp³-hybridized carbons (Fsp3) is 0.250. The van der Waals surface area contributed by atoms with E-state index in [0.29, 0.717) is 11.4 Å². The monoisotopic (exact) mass is 309 g/mol. The number of hydrogen-bond donors (Lipinski definition) is 2. The highest BCUT2D eigenvalue weighted by molar-refractivity contribution is 9.11. The maximum atomic E-state index is 8.58. The molecule has 72 valence electrons. The van der Waals surface area contributed by atoms with Crippen molar-refractivity contribution < 1.29 is 9.84 Å². The van der Waals surface area contributed by atoms with Gasteiger partial charge in [0, 0.05) is 5.69 Å². The summed E-state index contributed by atoms with van der Waals surface area (Å²) in [4.78, 5) is 0. The fourth-order valence-electron chi connectivity index (χ4n) is 0.865. The summed E-state index contributed by atoms with van der Waals surface area (Å²) in [5.74, 6) is 0.656. The van der Waals surface area contributed by atoms with E-state index in [4.69, 9.17) is 15.6 Å². The first-order chi connectivity index (χ1) is 6.15. The predicted molar refractivity (Wildman–Crippen MR) is 58.8 cm³/mol. The number of nitrogen functional groups attached to an aromatic ring is 1. The average Bonchev–Trinajstić information content (AvgIpc) is 2.02. The molecule has 0 atom stereocenters. The van der Waals surface area contributed by atoms with Crippen molar-refractivity contribution in [3.05, 3.63) is 21.1 Å². The molecule has 3 nitrogen and oxygen atoms in total. The molecule has 0 fully saturated rings. The first-order valence-corrected chi connectivity index (χ1v) is 5.22. The molecule has 0 aromatic heterocycles. The average molecular weight is 311 g/mol. The largest absolute Gasteiger partial charge is 0.489 e. The van der Waals surface area contributed by atoms with Gasteiger partial charge in [0.15, 0.2) is 0 Å². The minimum atomic E-state index is -0.0107. The Labute approximate surface area is 93.1 Å². The molecule has 1 rings (SSSR count). The third kappa shape index (κ3) is 2.86. The molecule has 0 amide bonds. The molecule has 0 aliphatic heterocycles. The number of benzene rings is 1. The van der Waals surface area contributed by atoms with Crippen LogP contribution in [0.15, 0.2) is 21.1 Å². The standard InChI is InChI=1S/C8H9Br2NO2/c9-6-3-5(11)4-7(10)8(6)13-2-1-12/h3-4,12H,1-2,11H2. The smallest absolute Gasteiger partial charge is 0.147 e. The summed E-state index contributed by atoms with van der Waals surface area (Å²) in [5, 5.41) is 8.58. The van der Waals surface area contributed by atoms with E-state index in [1.54, 1.807) is 12.1 Å². The minimum Gasteiger partial charge on any atom is -0.489 e. The van der Waals surface area contributed by atoms with Gasteiger partial charge in [0.2, 0.25) is 0 Å². The molecule has 0 aliphatic rings. The van der Waals surface area contributed by atoms with Crippen molar-refractivity contribution >= 4 is 37.5 Å². The molecule has 0 saturated heterocycles. The molecule has 0 unspecified atom stereocenters. The summed E-state index contributed by atoms with van der Waals surface area (Å²) >= 11 is 6.62. The van der Waals surface area contributed by atoms with Gasteiger partial charge in [-0.1, -0.05) is 0 Å². The van der Waals surface area contributed by atoms with E-state index in [1.807, 2.05) is 0 Å². The van der Waals surface area contributed by atoms with E-state index in [-0.39, 0.29) is 13.2 Å². The molecule has 0 aliphatic carbocycles. The fourth-order valence-corrected chi connectivity index (χ4v) is 2.32. The van der Waals surface area contributed by atoms with Crippen LogP contribution in [0.2, 0.25) is 0 Å². The Morgan fingerprint density at radius 1 is 1.31 bits per heavy atom.